The second kappa shape index (κ2) is 6.80. The Morgan fingerprint density at radius 3 is 2.71 bits per heavy atom. The summed E-state index contributed by atoms with van der Waals surface area (Å²) in [5.74, 6) is 0. The summed E-state index contributed by atoms with van der Waals surface area (Å²) >= 11 is 5.29. The minimum Gasteiger partial charge on any atom is -0.329 e. The first-order valence-corrected chi connectivity index (χ1v) is 5.94. The van der Waals surface area contributed by atoms with Crippen LogP contribution in [0, 0.1) is 0 Å². The number of likely N-dealkylation sites (N-methyl/N-ethyl adjacent to an activating group) is 1. The fraction of sp³-hybridized carbons (Fsp3) is 0.556. The van der Waals surface area contributed by atoms with E-state index in [0.29, 0.717) is 12.6 Å². The second-order valence-electron chi connectivity index (χ2n) is 3.19. The highest BCUT2D eigenvalue weighted by molar-refractivity contribution is 9.10. The quantitative estimate of drug-likeness (QED) is 0.926. The molecule has 0 aromatic carbocycles. The lowest BCUT2D eigenvalue weighted by molar-refractivity contribution is 0.256. The minimum atomic E-state index is 0. The van der Waals surface area contributed by atoms with Gasteiger partial charge in [0.15, 0.2) is 0 Å². The molecule has 1 unspecified atom stereocenters. The zero-order valence-corrected chi connectivity index (χ0v) is 11.6. The van der Waals surface area contributed by atoms with Crippen molar-refractivity contribution in [2.45, 2.75) is 19.5 Å². The van der Waals surface area contributed by atoms with Gasteiger partial charge in [0, 0.05) is 28.5 Å². The Bertz CT molecular complexity index is 267. The molecule has 1 heterocycles. The summed E-state index contributed by atoms with van der Waals surface area (Å²) in [6.45, 7) is 3.82. The summed E-state index contributed by atoms with van der Waals surface area (Å²) in [7, 11) is 2.10. The molecule has 0 aliphatic rings. The Morgan fingerprint density at radius 1 is 1.64 bits per heavy atom. The molecule has 0 fully saturated rings. The number of hydrogen-bond donors (Lipinski definition) is 1. The van der Waals surface area contributed by atoms with Crippen molar-refractivity contribution in [3.63, 3.8) is 0 Å². The largest absolute Gasteiger partial charge is 0.329 e. The summed E-state index contributed by atoms with van der Waals surface area (Å²) < 4.78 is 1.20. The van der Waals surface area contributed by atoms with Crippen LogP contribution in [0.4, 0.5) is 0 Å². The summed E-state index contributed by atoms with van der Waals surface area (Å²) in [4.78, 5) is 3.62. The van der Waals surface area contributed by atoms with E-state index in [9.17, 15) is 0 Å². The number of thiophene rings is 1. The van der Waals surface area contributed by atoms with Crippen LogP contribution < -0.4 is 5.73 Å². The molecule has 0 radical (unpaired) electrons. The third kappa shape index (κ3) is 3.87. The van der Waals surface area contributed by atoms with Crippen LogP contribution in [0.5, 0.6) is 0 Å². The van der Waals surface area contributed by atoms with Crippen LogP contribution in [0.1, 0.15) is 11.8 Å². The molecule has 5 heteroatoms. The van der Waals surface area contributed by atoms with Crippen molar-refractivity contribution >= 4 is 39.7 Å². The van der Waals surface area contributed by atoms with Crippen molar-refractivity contribution in [2.24, 2.45) is 5.73 Å². The number of hydrogen-bond acceptors (Lipinski definition) is 3. The Labute approximate surface area is 104 Å². The molecule has 1 aromatic heterocycles. The highest BCUT2D eigenvalue weighted by atomic mass is 79.9. The first-order valence-electron chi connectivity index (χ1n) is 4.27. The van der Waals surface area contributed by atoms with Crippen LogP contribution in [0.2, 0.25) is 0 Å². The number of halogens is 2. The van der Waals surface area contributed by atoms with Gasteiger partial charge in [0.1, 0.15) is 0 Å². The van der Waals surface area contributed by atoms with Gasteiger partial charge in [-0.3, -0.25) is 4.90 Å². The lowest BCUT2D eigenvalue weighted by Crippen LogP contribution is -2.34. The predicted octanol–water partition coefficient (Wildman–Crippen LogP) is 2.71. The molecule has 0 bridgehead atoms. The molecule has 0 aliphatic heterocycles. The third-order valence-electron chi connectivity index (χ3n) is 2.18. The van der Waals surface area contributed by atoms with Gasteiger partial charge in [-0.25, -0.2) is 0 Å². The maximum atomic E-state index is 5.59. The summed E-state index contributed by atoms with van der Waals surface area (Å²) in [6, 6.07) is 2.52. The van der Waals surface area contributed by atoms with Crippen molar-refractivity contribution in [2.75, 3.05) is 13.6 Å². The fourth-order valence-electron chi connectivity index (χ4n) is 1.00. The topological polar surface area (TPSA) is 29.3 Å². The molecule has 0 amide bonds. The molecule has 2 N–H and O–H groups in total. The van der Waals surface area contributed by atoms with Gasteiger partial charge in [-0.05, 0) is 41.3 Å². The zero-order chi connectivity index (χ0) is 9.84. The van der Waals surface area contributed by atoms with Gasteiger partial charge in [0.05, 0.1) is 0 Å². The van der Waals surface area contributed by atoms with Crippen molar-refractivity contribution in [3.05, 3.63) is 20.8 Å². The van der Waals surface area contributed by atoms with E-state index in [1.54, 1.807) is 11.3 Å². The summed E-state index contributed by atoms with van der Waals surface area (Å²) in [6.07, 6.45) is 0. The molecule has 14 heavy (non-hydrogen) atoms. The fourth-order valence-corrected chi connectivity index (χ4v) is 2.54. The summed E-state index contributed by atoms with van der Waals surface area (Å²) in [5.41, 5.74) is 5.59. The van der Waals surface area contributed by atoms with Crippen molar-refractivity contribution < 1.29 is 0 Å². The number of rotatable bonds is 4. The van der Waals surface area contributed by atoms with Gasteiger partial charge in [-0.1, -0.05) is 0 Å². The van der Waals surface area contributed by atoms with Crippen LogP contribution in [0.25, 0.3) is 0 Å². The molecule has 1 atom stereocenters. The van der Waals surface area contributed by atoms with Crippen LogP contribution in [-0.2, 0) is 6.54 Å². The number of nitrogens with two attached hydrogens (primary N) is 1. The van der Waals surface area contributed by atoms with Crippen molar-refractivity contribution in [3.8, 4) is 0 Å². The molecule has 82 valence electrons. The van der Waals surface area contributed by atoms with E-state index in [2.05, 4.69) is 46.2 Å². The lowest BCUT2D eigenvalue weighted by Gasteiger charge is -2.22. The molecular formula is C9H16BrClN2S. The van der Waals surface area contributed by atoms with E-state index in [4.69, 9.17) is 5.73 Å². The smallest absolute Gasteiger partial charge is 0.0339 e. The molecule has 2 nitrogen and oxygen atoms in total. The van der Waals surface area contributed by atoms with E-state index < -0.39 is 0 Å². The van der Waals surface area contributed by atoms with E-state index in [1.165, 1.54) is 9.35 Å². The lowest BCUT2D eigenvalue weighted by atomic mass is 10.3. The third-order valence-corrected chi connectivity index (χ3v) is 4.09. The Kier molecular flexibility index (Phi) is 6.99. The highest BCUT2D eigenvalue weighted by Gasteiger charge is 2.09. The first kappa shape index (κ1) is 14.4. The normalized spacial score (nSPS) is 12.6. The van der Waals surface area contributed by atoms with Gasteiger partial charge in [-0.15, -0.1) is 23.7 Å². The average molecular weight is 300 g/mol. The van der Waals surface area contributed by atoms with E-state index >= 15 is 0 Å². The van der Waals surface area contributed by atoms with Crippen LogP contribution in [0.3, 0.4) is 0 Å². The molecule has 0 spiro atoms. The van der Waals surface area contributed by atoms with Gasteiger partial charge in [-0.2, -0.15) is 0 Å². The van der Waals surface area contributed by atoms with Crippen molar-refractivity contribution in [1.29, 1.82) is 0 Å². The molecule has 0 saturated heterocycles. The van der Waals surface area contributed by atoms with Gasteiger partial charge in [0.25, 0.3) is 0 Å². The molecule has 0 saturated carbocycles. The summed E-state index contributed by atoms with van der Waals surface area (Å²) in [5, 5.41) is 2.10. The molecule has 1 rings (SSSR count). The number of nitrogens with zero attached hydrogens (tertiary/aromatic N) is 1. The van der Waals surface area contributed by atoms with Crippen LogP contribution >= 0.6 is 39.7 Å². The van der Waals surface area contributed by atoms with Crippen LogP contribution in [-0.4, -0.2) is 24.5 Å². The van der Waals surface area contributed by atoms with E-state index in [0.717, 1.165) is 6.54 Å². The average Bonchev–Trinajstić information content (AvgIpc) is 2.50. The second-order valence-corrected chi connectivity index (χ2v) is 5.05. The monoisotopic (exact) mass is 298 g/mol. The molecule has 0 aliphatic carbocycles. The first-order chi connectivity index (χ1) is 6.15. The maximum absolute atomic E-state index is 5.59. The SMILES string of the molecule is CC(CN)N(C)Cc1sccc1Br.Cl. The Hall–Kier alpha value is 0.390. The van der Waals surface area contributed by atoms with E-state index in [-0.39, 0.29) is 12.4 Å². The Balaban J connectivity index is 0.00000169. The van der Waals surface area contributed by atoms with Gasteiger partial charge in [0.2, 0.25) is 0 Å². The Morgan fingerprint density at radius 2 is 2.29 bits per heavy atom. The van der Waals surface area contributed by atoms with Crippen LogP contribution in [0.15, 0.2) is 15.9 Å². The molecular weight excluding hydrogens is 284 g/mol. The highest BCUT2D eigenvalue weighted by Crippen LogP contribution is 2.24. The standard InChI is InChI=1S/C9H15BrN2S.ClH/c1-7(5-11)12(2)6-9-8(10)3-4-13-9;/h3-4,7H,5-6,11H2,1-2H3;1H. The van der Waals surface area contributed by atoms with Gasteiger partial charge < -0.3 is 5.73 Å². The minimum absolute atomic E-state index is 0. The molecule has 1 aromatic rings. The maximum Gasteiger partial charge on any atom is 0.0339 e. The predicted molar refractivity (Wildman–Crippen MR) is 69.3 cm³/mol. The van der Waals surface area contributed by atoms with Gasteiger partial charge >= 0.3 is 0 Å². The zero-order valence-electron chi connectivity index (χ0n) is 8.37. The van der Waals surface area contributed by atoms with Crippen molar-refractivity contribution in [1.82, 2.24) is 4.90 Å². The van der Waals surface area contributed by atoms with E-state index in [1.807, 2.05) is 0 Å².